The highest BCUT2D eigenvalue weighted by Crippen LogP contribution is 2.31. The van der Waals surface area contributed by atoms with Crippen molar-refractivity contribution in [1.29, 1.82) is 0 Å². The van der Waals surface area contributed by atoms with E-state index in [9.17, 15) is 9.18 Å². The van der Waals surface area contributed by atoms with Crippen molar-refractivity contribution in [3.63, 3.8) is 0 Å². The molecule has 0 aliphatic rings. The summed E-state index contributed by atoms with van der Waals surface area (Å²) in [6.07, 6.45) is 3.82. The Bertz CT molecular complexity index is 1100. The quantitative estimate of drug-likeness (QED) is 0.586. The molecule has 5 nitrogen and oxygen atoms in total. The fourth-order valence-corrected chi connectivity index (χ4v) is 2.87. The van der Waals surface area contributed by atoms with Gasteiger partial charge in [-0.15, -0.1) is 0 Å². The molecule has 0 saturated heterocycles. The zero-order valence-corrected chi connectivity index (χ0v) is 14.5. The van der Waals surface area contributed by atoms with Crippen molar-refractivity contribution in [2.24, 2.45) is 0 Å². The van der Waals surface area contributed by atoms with E-state index in [1.807, 2.05) is 41.1 Å². The largest absolute Gasteiger partial charge is 0.495 e. The number of nitrogens with one attached hydrogen (secondary N) is 1. The highest BCUT2D eigenvalue weighted by molar-refractivity contribution is 6.05. The number of hydrogen-bond donors (Lipinski definition) is 1. The van der Waals surface area contributed by atoms with Gasteiger partial charge < -0.3 is 14.5 Å². The molecule has 0 fully saturated rings. The number of fused-ring (bicyclic) bond motifs is 1. The second-order valence-electron chi connectivity index (χ2n) is 5.94. The van der Waals surface area contributed by atoms with E-state index in [4.69, 9.17) is 4.74 Å². The zero-order valence-electron chi connectivity index (χ0n) is 14.5. The molecule has 27 heavy (non-hydrogen) atoms. The zero-order chi connectivity index (χ0) is 18.8. The molecular weight excluding hydrogens is 345 g/mol. The van der Waals surface area contributed by atoms with E-state index >= 15 is 0 Å². The Hall–Kier alpha value is -3.67. The van der Waals surface area contributed by atoms with Crippen molar-refractivity contribution in [2.75, 3.05) is 12.4 Å². The molecule has 1 amide bonds. The van der Waals surface area contributed by atoms with Crippen LogP contribution < -0.4 is 10.1 Å². The molecule has 1 N–H and O–H groups in total. The summed E-state index contributed by atoms with van der Waals surface area (Å²) in [5.74, 6) is -0.642. The number of benzene rings is 2. The van der Waals surface area contributed by atoms with E-state index in [1.54, 1.807) is 18.2 Å². The van der Waals surface area contributed by atoms with Crippen LogP contribution in [0.5, 0.6) is 5.75 Å². The van der Waals surface area contributed by atoms with Gasteiger partial charge in [-0.1, -0.05) is 18.2 Å². The van der Waals surface area contributed by atoms with Gasteiger partial charge in [0.05, 0.1) is 24.1 Å². The summed E-state index contributed by atoms with van der Waals surface area (Å²) >= 11 is 0. The van der Waals surface area contributed by atoms with Gasteiger partial charge in [-0.2, -0.15) is 0 Å². The topological polar surface area (TPSA) is 55.6 Å². The van der Waals surface area contributed by atoms with Gasteiger partial charge in [-0.3, -0.25) is 4.79 Å². The van der Waals surface area contributed by atoms with E-state index in [0.29, 0.717) is 11.4 Å². The minimum Gasteiger partial charge on any atom is -0.495 e. The maximum atomic E-state index is 13.9. The molecule has 0 saturated carbocycles. The van der Waals surface area contributed by atoms with Crippen molar-refractivity contribution < 1.29 is 13.9 Å². The predicted molar refractivity (Wildman–Crippen MR) is 102 cm³/mol. The summed E-state index contributed by atoms with van der Waals surface area (Å²) in [6.45, 7) is 0. The minimum absolute atomic E-state index is 0.0299. The molecule has 0 bridgehead atoms. The average molecular weight is 361 g/mol. The molecule has 4 aromatic rings. The van der Waals surface area contributed by atoms with Crippen molar-refractivity contribution in [1.82, 2.24) is 9.38 Å². The maximum absolute atomic E-state index is 13.9. The van der Waals surface area contributed by atoms with Gasteiger partial charge in [-0.25, -0.2) is 9.37 Å². The Morgan fingerprint density at radius 3 is 2.70 bits per heavy atom. The number of carbonyl (C=O) groups is 1. The number of pyridine rings is 1. The summed E-state index contributed by atoms with van der Waals surface area (Å²) < 4.78 is 21.1. The number of anilines is 1. The van der Waals surface area contributed by atoms with E-state index < -0.39 is 11.7 Å². The highest BCUT2D eigenvalue weighted by Gasteiger charge is 2.15. The van der Waals surface area contributed by atoms with Crippen LogP contribution in [0.1, 0.15) is 10.4 Å². The number of rotatable bonds is 4. The summed E-state index contributed by atoms with van der Waals surface area (Å²) in [6, 6.07) is 17.0. The molecule has 2 heterocycles. The maximum Gasteiger partial charge on any atom is 0.258 e. The van der Waals surface area contributed by atoms with Crippen LogP contribution in [-0.2, 0) is 0 Å². The first kappa shape index (κ1) is 16.8. The van der Waals surface area contributed by atoms with E-state index in [1.165, 1.54) is 25.3 Å². The number of hydrogen-bond acceptors (Lipinski definition) is 3. The summed E-state index contributed by atoms with van der Waals surface area (Å²) in [7, 11) is 1.51. The summed E-state index contributed by atoms with van der Waals surface area (Å²) in [5.41, 5.74) is 2.80. The van der Waals surface area contributed by atoms with Crippen LogP contribution in [0.15, 0.2) is 73.1 Å². The van der Waals surface area contributed by atoms with Crippen LogP contribution >= 0.6 is 0 Å². The normalized spacial score (nSPS) is 10.7. The molecule has 2 aromatic heterocycles. The van der Waals surface area contributed by atoms with Gasteiger partial charge in [0.1, 0.15) is 17.2 Å². The van der Waals surface area contributed by atoms with Crippen LogP contribution in [-0.4, -0.2) is 22.4 Å². The van der Waals surface area contributed by atoms with Crippen LogP contribution in [0.3, 0.4) is 0 Å². The standard InChI is InChI=1S/C21H16FN3O2/c1-27-19-10-9-14(18-13-25-11-5-4-8-20(25)23-18)12-17(19)24-21(26)15-6-2-3-7-16(15)22/h2-13H,1H3,(H,24,26). The first-order valence-corrected chi connectivity index (χ1v) is 8.34. The lowest BCUT2D eigenvalue weighted by Gasteiger charge is -2.12. The van der Waals surface area contributed by atoms with Gasteiger partial charge in [0, 0.05) is 18.0 Å². The van der Waals surface area contributed by atoms with Gasteiger partial charge in [0.25, 0.3) is 5.91 Å². The first-order valence-electron chi connectivity index (χ1n) is 8.34. The fourth-order valence-electron chi connectivity index (χ4n) is 2.87. The predicted octanol–water partition coefficient (Wildman–Crippen LogP) is 4.40. The van der Waals surface area contributed by atoms with Crippen LogP contribution in [0.25, 0.3) is 16.9 Å². The molecule has 2 aromatic carbocycles. The number of halogens is 1. The smallest absolute Gasteiger partial charge is 0.258 e. The van der Waals surface area contributed by atoms with Crippen LogP contribution in [0, 0.1) is 5.82 Å². The third-order valence-corrected chi connectivity index (χ3v) is 4.23. The average Bonchev–Trinajstić information content (AvgIpc) is 3.12. The van der Waals surface area contributed by atoms with E-state index in [-0.39, 0.29) is 5.56 Å². The summed E-state index contributed by atoms with van der Waals surface area (Å²) in [5, 5.41) is 2.72. The number of amides is 1. The molecule has 4 rings (SSSR count). The van der Waals surface area contributed by atoms with Crippen LogP contribution in [0.2, 0.25) is 0 Å². The molecule has 0 atom stereocenters. The number of nitrogens with zero attached hydrogens (tertiary/aromatic N) is 2. The lowest BCUT2D eigenvalue weighted by Crippen LogP contribution is -2.14. The van der Waals surface area contributed by atoms with Crippen molar-refractivity contribution in [3.8, 4) is 17.0 Å². The first-order chi connectivity index (χ1) is 13.2. The lowest BCUT2D eigenvalue weighted by molar-refractivity contribution is 0.102. The molecule has 6 heteroatoms. The molecule has 134 valence electrons. The van der Waals surface area contributed by atoms with E-state index in [0.717, 1.165) is 16.9 Å². The van der Waals surface area contributed by atoms with Crippen molar-refractivity contribution >= 4 is 17.2 Å². The molecule has 0 unspecified atom stereocenters. The van der Waals surface area contributed by atoms with Gasteiger partial charge in [-0.05, 0) is 42.5 Å². The Balaban J connectivity index is 1.70. The molecule has 0 spiro atoms. The third-order valence-electron chi connectivity index (χ3n) is 4.23. The Morgan fingerprint density at radius 1 is 1.11 bits per heavy atom. The van der Waals surface area contributed by atoms with Gasteiger partial charge in [0.2, 0.25) is 0 Å². The number of aromatic nitrogens is 2. The summed E-state index contributed by atoms with van der Waals surface area (Å²) in [4.78, 5) is 17.0. The Kier molecular flexibility index (Phi) is 4.30. The second kappa shape index (κ2) is 6.92. The number of carbonyl (C=O) groups excluding carboxylic acids is 1. The van der Waals surface area contributed by atoms with Crippen molar-refractivity contribution in [3.05, 3.63) is 84.4 Å². The fraction of sp³-hybridized carbons (Fsp3) is 0.0476. The van der Waals surface area contributed by atoms with E-state index in [2.05, 4.69) is 10.3 Å². The van der Waals surface area contributed by atoms with Gasteiger partial charge >= 0.3 is 0 Å². The van der Waals surface area contributed by atoms with Crippen LogP contribution in [0.4, 0.5) is 10.1 Å². The Labute approximate surface area is 155 Å². The number of ether oxygens (including phenoxy) is 1. The number of methoxy groups -OCH3 is 1. The molecule has 0 radical (unpaired) electrons. The number of imidazole rings is 1. The molecular formula is C21H16FN3O2. The second-order valence-corrected chi connectivity index (χ2v) is 5.94. The third kappa shape index (κ3) is 3.25. The van der Waals surface area contributed by atoms with Crippen molar-refractivity contribution in [2.45, 2.75) is 0 Å². The van der Waals surface area contributed by atoms with Gasteiger partial charge in [0.15, 0.2) is 0 Å². The molecule has 0 aliphatic heterocycles. The molecule has 0 aliphatic carbocycles. The lowest BCUT2D eigenvalue weighted by atomic mass is 10.1. The minimum atomic E-state index is -0.578. The Morgan fingerprint density at radius 2 is 1.93 bits per heavy atom. The SMILES string of the molecule is COc1ccc(-c2cn3ccccc3n2)cc1NC(=O)c1ccccc1F. The monoisotopic (exact) mass is 361 g/mol. The highest BCUT2D eigenvalue weighted by atomic mass is 19.1.